The first-order chi connectivity index (χ1) is 8.37. The maximum Gasteiger partial charge on any atom is 0.573 e. The molecular weight excluding hydrogens is 243 g/mol. The molecule has 18 heavy (non-hydrogen) atoms. The molecular formula is C13H12F3NO. The number of benzene rings is 1. The molecule has 0 saturated carbocycles. The third-order valence-electron chi connectivity index (χ3n) is 2.58. The second-order valence-electron chi connectivity index (χ2n) is 4.30. The number of pyridine rings is 1. The van der Waals surface area contributed by atoms with Crippen LogP contribution in [0.3, 0.4) is 0 Å². The Morgan fingerprint density at radius 1 is 1.22 bits per heavy atom. The summed E-state index contributed by atoms with van der Waals surface area (Å²) in [5.41, 5.74) is 1.01. The Kier molecular flexibility index (Phi) is 3.15. The van der Waals surface area contributed by atoms with Gasteiger partial charge in [-0.2, -0.15) is 0 Å². The van der Waals surface area contributed by atoms with E-state index in [2.05, 4.69) is 9.72 Å². The summed E-state index contributed by atoms with van der Waals surface area (Å²) >= 11 is 0. The lowest BCUT2D eigenvalue weighted by atomic mass is 10.0. The van der Waals surface area contributed by atoms with E-state index in [9.17, 15) is 13.2 Å². The minimum atomic E-state index is -4.71. The summed E-state index contributed by atoms with van der Waals surface area (Å²) in [5, 5.41) is 0.642. The van der Waals surface area contributed by atoms with E-state index in [4.69, 9.17) is 0 Å². The molecule has 0 N–H and O–H groups in total. The summed E-state index contributed by atoms with van der Waals surface area (Å²) in [6, 6.07) is 6.63. The molecule has 0 atom stereocenters. The zero-order valence-corrected chi connectivity index (χ0v) is 9.95. The third kappa shape index (κ3) is 2.72. The first kappa shape index (κ1) is 12.7. The maximum absolute atomic E-state index is 12.4. The first-order valence-corrected chi connectivity index (χ1v) is 5.51. The molecule has 0 amide bonds. The van der Waals surface area contributed by atoms with Crippen molar-refractivity contribution in [2.75, 3.05) is 0 Å². The van der Waals surface area contributed by atoms with Gasteiger partial charge in [0.05, 0.1) is 0 Å². The molecule has 0 spiro atoms. The van der Waals surface area contributed by atoms with Gasteiger partial charge in [-0.3, -0.25) is 4.98 Å². The fraction of sp³-hybridized carbons (Fsp3) is 0.308. The zero-order chi connectivity index (χ0) is 13.3. The van der Waals surface area contributed by atoms with E-state index in [0.29, 0.717) is 5.39 Å². The van der Waals surface area contributed by atoms with Crippen LogP contribution < -0.4 is 4.74 Å². The minimum Gasteiger partial charge on any atom is -0.403 e. The highest BCUT2D eigenvalue weighted by Gasteiger charge is 2.32. The van der Waals surface area contributed by atoms with Crippen molar-refractivity contribution < 1.29 is 17.9 Å². The van der Waals surface area contributed by atoms with Crippen LogP contribution in [0.25, 0.3) is 10.9 Å². The summed E-state index contributed by atoms with van der Waals surface area (Å²) < 4.78 is 41.1. The zero-order valence-electron chi connectivity index (χ0n) is 9.95. The number of rotatable bonds is 2. The van der Waals surface area contributed by atoms with Gasteiger partial charge in [-0.15, -0.1) is 13.2 Å². The number of ether oxygens (including phenoxy) is 1. The van der Waals surface area contributed by atoms with Crippen LogP contribution in [0.1, 0.15) is 25.3 Å². The molecule has 2 aromatic rings. The molecule has 0 radical (unpaired) electrons. The average molecular weight is 255 g/mol. The van der Waals surface area contributed by atoms with Crippen molar-refractivity contribution in [1.82, 2.24) is 4.98 Å². The van der Waals surface area contributed by atoms with Crippen molar-refractivity contribution in [1.29, 1.82) is 0 Å². The molecule has 0 aliphatic rings. The minimum absolute atomic E-state index is 0.116. The molecule has 0 fully saturated rings. The molecule has 0 unspecified atom stereocenters. The van der Waals surface area contributed by atoms with Crippen molar-refractivity contribution >= 4 is 10.9 Å². The van der Waals surface area contributed by atoms with Gasteiger partial charge < -0.3 is 4.74 Å². The number of alkyl halides is 3. The van der Waals surface area contributed by atoms with Crippen LogP contribution in [0.4, 0.5) is 13.2 Å². The molecule has 5 heteroatoms. The Morgan fingerprint density at radius 2 is 1.94 bits per heavy atom. The fourth-order valence-electron chi connectivity index (χ4n) is 1.72. The molecule has 1 aromatic heterocycles. The van der Waals surface area contributed by atoms with Crippen LogP contribution in [0.2, 0.25) is 0 Å². The summed E-state index contributed by atoms with van der Waals surface area (Å²) in [6.45, 7) is 3.82. The van der Waals surface area contributed by atoms with Crippen LogP contribution in [0.5, 0.6) is 5.75 Å². The Labute approximate surface area is 102 Å². The van der Waals surface area contributed by atoms with Crippen LogP contribution >= 0.6 is 0 Å². The van der Waals surface area contributed by atoms with Crippen molar-refractivity contribution in [3.05, 3.63) is 36.0 Å². The van der Waals surface area contributed by atoms with Crippen molar-refractivity contribution in [2.24, 2.45) is 0 Å². The van der Waals surface area contributed by atoms with Crippen LogP contribution in [0, 0.1) is 0 Å². The number of aromatic nitrogens is 1. The van der Waals surface area contributed by atoms with Gasteiger partial charge in [-0.25, -0.2) is 0 Å². The van der Waals surface area contributed by atoms with E-state index in [1.165, 1.54) is 12.3 Å². The molecule has 0 aliphatic heterocycles. The topological polar surface area (TPSA) is 22.1 Å². The number of hydrogen-bond donors (Lipinski definition) is 0. The third-order valence-corrected chi connectivity index (χ3v) is 2.58. The SMILES string of the molecule is CC(C)c1cc(OC(F)(F)F)c2ncccc2c1. The molecule has 1 aromatic carbocycles. The number of fused-ring (bicyclic) bond motifs is 1. The molecule has 96 valence electrons. The van der Waals surface area contributed by atoms with E-state index in [1.54, 1.807) is 12.1 Å². The molecule has 0 bridgehead atoms. The highest BCUT2D eigenvalue weighted by atomic mass is 19.4. The summed E-state index contributed by atoms with van der Waals surface area (Å²) in [7, 11) is 0. The van der Waals surface area contributed by atoms with E-state index in [1.807, 2.05) is 19.9 Å². The van der Waals surface area contributed by atoms with E-state index >= 15 is 0 Å². The Hall–Kier alpha value is -1.78. The van der Waals surface area contributed by atoms with Gasteiger partial charge >= 0.3 is 6.36 Å². The van der Waals surface area contributed by atoms with Gasteiger partial charge in [0.15, 0.2) is 5.75 Å². The molecule has 2 nitrogen and oxygen atoms in total. The maximum atomic E-state index is 12.4. The van der Waals surface area contributed by atoms with Gasteiger partial charge in [0, 0.05) is 11.6 Å². The van der Waals surface area contributed by atoms with Gasteiger partial charge in [-0.05, 0) is 29.7 Å². The number of nitrogens with zero attached hydrogens (tertiary/aromatic N) is 1. The van der Waals surface area contributed by atoms with Gasteiger partial charge in [-0.1, -0.05) is 19.9 Å². The first-order valence-electron chi connectivity index (χ1n) is 5.51. The van der Waals surface area contributed by atoms with Crippen LogP contribution in [-0.4, -0.2) is 11.3 Å². The van der Waals surface area contributed by atoms with Gasteiger partial charge in [0.25, 0.3) is 0 Å². The number of halogens is 3. The summed E-state index contributed by atoms with van der Waals surface area (Å²) in [6.07, 6.45) is -3.26. The predicted molar refractivity (Wildman–Crippen MR) is 62.5 cm³/mol. The molecule has 0 aliphatic carbocycles. The summed E-state index contributed by atoms with van der Waals surface area (Å²) in [5.74, 6) is -0.130. The fourth-order valence-corrected chi connectivity index (χ4v) is 1.72. The second kappa shape index (κ2) is 4.48. The van der Waals surface area contributed by atoms with Gasteiger partial charge in [0.1, 0.15) is 5.52 Å². The molecule has 1 heterocycles. The predicted octanol–water partition coefficient (Wildman–Crippen LogP) is 4.26. The Balaban J connectivity index is 2.61. The normalized spacial score (nSPS) is 12.1. The second-order valence-corrected chi connectivity index (χ2v) is 4.30. The van der Waals surface area contributed by atoms with Crippen molar-refractivity contribution in [3.8, 4) is 5.75 Å². The highest BCUT2D eigenvalue weighted by Crippen LogP contribution is 2.32. The van der Waals surface area contributed by atoms with Gasteiger partial charge in [0.2, 0.25) is 0 Å². The lowest BCUT2D eigenvalue weighted by Gasteiger charge is -2.14. The van der Waals surface area contributed by atoms with Crippen LogP contribution in [-0.2, 0) is 0 Å². The standard InChI is InChI=1S/C13H12F3NO/c1-8(2)10-6-9-4-3-5-17-12(9)11(7-10)18-13(14,15)16/h3-8H,1-2H3. The van der Waals surface area contributed by atoms with Crippen LogP contribution in [0.15, 0.2) is 30.5 Å². The smallest absolute Gasteiger partial charge is 0.403 e. The van der Waals surface area contributed by atoms with E-state index in [-0.39, 0.29) is 17.2 Å². The lowest BCUT2D eigenvalue weighted by Crippen LogP contribution is -2.17. The molecule has 2 rings (SSSR count). The largest absolute Gasteiger partial charge is 0.573 e. The summed E-state index contributed by atoms with van der Waals surface area (Å²) in [4.78, 5) is 3.94. The quantitative estimate of drug-likeness (QED) is 0.800. The molecule has 0 saturated heterocycles. The van der Waals surface area contributed by atoms with E-state index in [0.717, 1.165) is 5.56 Å². The van der Waals surface area contributed by atoms with Crippen molar-refractivity contribution in [3.63, 3.8) is 0 Å². The Morgan fingerprint density at radius 3 is 2.56 bits per heavy atom. The van der Waals surface area contributed by atoms with E-state index < -0.39 is 6.36 Å². The highest BCUT2D eigenvalue weighted by molar-refractivity contribution is 5.85. The average Bonchev–Trinajstić information content (AvgIpc) is 2.26. The lowest BCUT2D eigenvalue weighted by molar-refractivity contribution is -0.274. The monoisotopic (exact) mass is 255 g/mol. The Bertz CT molecular complexity index is 564. The van der Waals surface area contributed by atoms with Crippen molar-refractivity contribution in [2.45, 2.75) is 26.1 Å². The number of hydrogen-bond acceptors (Lipinski definition) is 2.